The van der Waals surface area contributed by atoms with Crippen molar-refractivity contribution in [3.05, 3.63) is 59.4 Å². The lowest BCUT2D eigenvalue weighted by Gasteiger charge is -2.24. The number of likely N-dealkylation sites (tertiary alicyclic amines) is 1. The summed E-state index contributed by atoms with van der Waals surface area (Å²) in [7, 11) is 1.68. The molecule has 1 aromatic heterocycles. The second kappa shape index (κ2) is 7.45. The van der Waals surface area contributed by atoms with Crippen LogP contribution in [-0.4, -0.2) is 40.7 Å². The first-order chi connectivity index (χ1) is 11.7. The van der Waals surface area contributed by atoms with Gasteiger partial charge in [0.1, 0.15) is 5.75 Å². The number of rotatable bonds is 6. The molecule has 1 aliphatic rings. The standard InChI is InChI=1S/C19H22N2O3/c1-24-16-7-2-5-14(12-16)11-15-6-4-10-21(15)13-18-17(19(22)23)8-3-9-20-18/h2-3,5,7-9,12,15H,4,6,10-11,13H2,1H3,(H,22,23). The van der Waals surface area contributed by atoms with Crippen molar-refractivity contribution in [3.63, 3.8) is 0 Å². The first kappa shape index (κ1) is 16.5. The van der Waals surface area contributed by atoms with Crippen LogP contribution in [-0.2, 0) is 13.0 Å². The predicted octanol–water partition coefficient (Wildman–Crippen LogP) is 3.00. The largest absolute Gasteiger partial charge is 0.497 e. The Balaban J connectivity index is 1.73. The van der Waals surface area contributed by atoms with Gasteiger partial charge in [-0.2, -0.15) is 0 Å². The van der Waals surface area contributed by atoms with Gasteiger partial charge in [-0.15, -0.1) is 0 Å². The predicted molar refractivity (Wildman–Crippen MR) is 91.3 cm³/mol. The molecule has 1 N–H and O–H groups in total. The highest BCUT2D eigenvalue weighted by Crippen LogP contribution is 2.25. The average molecular weight is 326 g/mol. The molecule has 0 aliphatic carbocycles. The number of pyridine rings is 1. The topological polar surface area (TPSA) is 62.7 Å². The maximum absolute atomic E-state index is 11.4. The highest BCUT2D eigenvalue weighted by molar-refractivity contribution is 5.88. The smallest absolute Gasteiger partial charge is 0.337 e. The highest BCUT2D eigenvalue weighted by atomic mass is 16.5. The van der Waals surface area contributed by atoms with Crippen molar-refractivity contribution in [3.8, 4) is 5.75 Å². The van der Waals surface area contributed by atoms with E-state index < -0.39 is 5.97 Å². The molecule has 0 saturated carbocycles. The molecular formula is C19H22N2O3. The fourth-order valence-electron chi connectivity index (χ4n) is 3.36. The van der Waals surface area contributed by atoms with Gasteiger partial charge in [0.25, 0.3) is 0 Å². The lowest BCUT2D eigenvalue weighted by atomic mass is 10.0. The van der Waals surface area contributed by atoms with E-state index in [4.69, 9.17) is 4.74 Å². The second-order valence-electron chi connectivity index (χ2n) is 6.12. The Morgan fingerprint density at radius 2 is 2.25 bits per heavy atom. The van der Waals surface area contributed by atoms with Gasteiger partial charge in [0.05, 0.1) is 18.4 Å². The van der Waals surface area contributed by atoms with Gasteiger partial charge in [-0.1, -0.05) is 12.1 Å². The molecule has 5 heteroatoms. The molecule has 1 aromatic carbocycles. The van der Waals surface area contributed by atoms with Crippen LogP contribution in [0, 0.1) is 0 Å². The molecule has 5 nitrogen and oxygen atoms in total. The normalized spacial score (nSPS) is 17.8. The van der Waals surface area contributed by atoms with E-state index >= 15 is 0 Å². The quantitative estimate of drug-likeness (QED) is 0.884. The molecule has 2 heterocycles. The molecule has 1 unspecified atom stereocenters. The summed E-state index contributed by atoms with van der Waals surface area (Å²) < 4.78 is 5.30. The van der Waals surface area contributed by atoms with Gasteiger partial charge in [0, 0.05) is 18.8 Å². The Labute approximate surface area is 141 Å². The van der Waals surface area contributed by atoms with Gasteiger partial charge in [-0.3, -0.25) is 9.88 Å². The van der Waals surface area contributed by atoms with Crippen molar-refractivity contribution in [2.45, 2.75) is 31.8 Å². The number of carboxylic acid groups (broad SMARTS) is 1. The van der Waals surface area contributed by atoms with Gasteiger partial charge < -0.3 is 9.84 Å². The Hall–Kier alpha value is -2.40. The summed E-state index contributed by atoms with van der Waals surface area (Å²) in [6.07, 6.45) is 4.84. The van der Waals surface area contributed by atoms with Crippen LogP contribution in [0.25, 0.3) is 0 Å². The minimum absolute atomic E-state index is 0.296. The van der Waals surface area contributed by atoms with Crippen LogP contribution in [0.4, 0.5) is 0 Å². The Morgan fingerprint density at radius 3 is 3.04 bits per heavy atom. The number of carboxylic acids is 1. The number of methoxy groups -OCH3 is 1. The van der Waals surface area contributed by atoms with Crippen molar-refractivity contribution in [2.75, 3.05) is 13.7 Å². The average Bonchev–Trinajstić information content (AvgIpc) is 3.02. The van der Waals surface area contributed by atoms with Crippen molar-refractivity contribution >= 4 is 5.97 Å². The van der Waals surface area contributed by atoms with Crippen molar-refractivity contribution in [2.24, 2.45) is 0 Å². The van der Waals surface area contributed by atoms with E-state index in [-0.39, 0.29) is 0 Å². The lowest BCUT2D eigenvalue weighted by molar-refractivity contribution is 0.0693. The fraction of sp³-hybridized carbons (Fsp3) is 0.368. The molecule has 126 valence electrons. The van der Waals surface area contributed by atoms with Crippen LogP contribution in [0.15, 0.2) is 42.6 Å². The zero-order valence-corrected chi connectivity index (χ0v) is 13.8. The molecule has 1 fully saturated rings. The molecule has 0 radical (unpaired) electrons. The van der Waals surface area contributed by atoms with Crippen LogP contribution >= 0.6 is 0 Å². The van der Waals surface area contributed by atoms with Crippen molar-refractivity contribution in [1.82, 2.24) is 9.88 Å². The molecule has 1 saturated heterocycles. The minimum atomic E-state index is -0.915. The zero-order valence-electron chi connectivity index (χ0n) is 13.8. The Bertz CT molecular complexity index is 717. The van der Waals surface area contributed by atoms with Crippen LogP contribution in [0.2, 0.25) is 0 Å². The van der Waals surface area contributed by atoms with E-state index in [0.29, 0.717) is 23.8 Å². The summed E-state index contributed by atoms with van der Waals surface area (Å²) in [5.74, 6) is -0.0448. The van der Waals surface area contributed by atoms with Crippen molar-refractivity contribution < 1.29 is 14.6 Å². The van der Waals surface area contributed by atoms with Crippen LogP contribution in [0.1, 0.15) is 34.5 Å². The minimum Gasteiger partial charge on any atom is -0.497 e. The number of benzene rings is 1. The molecule has 0 amide bonds. The van der Waals surface area contributed by atoms with Gasteiger partial charge in [-0.05, 0) is 55.6 Å². The number of aromatic carboxylic acids is 1. The van der Waals surface area contributed by atoms with E-state index in [1.54, 1.807) is 25.4 Å². The fourth-order valence-corrected chi connectivity index (χ4v) is 3.36. The molecule has 1 atom stereocenters. The third-order valence-electron chi connectivity index (χ3n) is 4.58. The third-order valence-corrected chi connectivity index (χ3v) is 4.58. The maximum Gasteiger partial charge on any atom is 0.337 e. The number of carbonyl (C=O) groups is 1. The molecule has 3 rings (SSSR count). The molecular weight excluding hydrogens is 304 g/mol. The zero-order chi connectivity index (χ0) is 16.9. The molecule has 24 heavy (non-hydrogen) atoms. The monoisotopic (exact) mass is 326 g/mol. The lowest BCUT2D eigenvalue weighted by Crippen LogP contribution is -2.31. The number of hydrogen-bond donors (Lipinski definition) is 1. The molecule has 2 aromatic rings. The number of hydrogen-bond acceptors (Lipinski definition) is 4. The van der Waals surface area contributed by atoms with Crippen LogP contribution < -0.4 is 4.74 Å². The third kappa shape index (κ3) is 3.74. The number of nitrogens with zero attached hydrogens (tertiary/aromatic N) is 2. The highest BCUT2D eigenvalue weighted by Gasteiger charge is 2.26. The van der Waals surface area contributed by atoms with E-state index in [2.05, 4.69) is 22.0 Å². The van der Waals surface area contributed by atoms with Gasteiger partial charge >= 0.3 is 5.97 Å². The first-order valence-electron chi connectivity index (χ1n) is 8.21. The molecule has 0 bridgehead atoms. The van der Waals surface area contributed by atoms with E-state index in [1.807, 2.05) is 12.1 Å². The number of aromatic nitrogens is 1. The van der Waals surface area contributed by atoms with Gasteiger partial charge in [-0.25, -0.2) is 4.79 Å². The van der Waals surface area contributed by atoms with E-state index in [1.165, 1.54) is 5.56 Å². The van der Waals surface area contributed by atoms with Gasteiger partial charge in [0.2, 0.25) is 0 Å². The SMILES string of the molecule is COc1cccc(CC2CCCN2Cc2ncccc2C(=O)O)c1. The Kier molecular flexibility index (Phi) is 5.11. The van der Waals surface area contributed by atoms with Crippen molar-refractivity contribution in [1.29, 1.82) is 0 Å². The summed E-state index contributed by atoms with van der Waals surface area (Å²) in [6, 6.07) is 11.8. The maximum atomic E-state index is 11.4. The second-order valence-corrected chi connectivity index (χ2v) is 6.12. The summed E-state index contributed by atoms with van der Waals surface area (Å²) >= 11 is 0. The Morgan fingerprint density at radius 1 is 1.38 bits per heavy atom. The summed E-state index contributed by atoms with van der Waals surface area (Å²) in [6.45, 7) is 1.56. The van der Waals surface area contributed by atoms with Crippen LogP contribution in [0.3, 0.4) is 0 Å². The van der Waals surface area contributed by atoms with Crippen LogP contribution in [0.5, 0.6) is 5.75 Å². The van der Waals surface area contributed by atoms with E-state index in [0.717, 1.165) is 31.6 Å². The van der Waals surface area contributed by atoms with Gasteiger partial charge in [0.15, 0.2) is 0 Å². The molecule has 1 aliphatic heterocycles. The summed E-state index contributed by atoms with van der Waals surface area (Å²) in [5, 5.41) is 9.33. The summed E-state index contributed by atoms with van der Waals surface area (Å²) in [4.78, 5) is 18.0. The summed E-state index contributed by atoms with van der Waals surface area (Å²) in [5.41, 5.74) is 2.18. The first-order valence-corrected chi connectivity index (χ1v) is 8.21. The number of ether oxygens (including phenoxy) is 1. The van der Waals surface area contributed by atoms with E-state index in [9.17, 15) is 9.90 Å². The molecule has 0 spiro atoms.